The van der Waals surface area contributed by atoms with Crippen molar-refractivity contribution in [1.82, 2.24) is 19.2 Å². The fourth-order valence-corrected chi connectivity index (χ4v) is 6.54. The first-order valence-electron chi connectivity index (χ1n) is 9.05. The molecule has 1 N–H and O–H groups in total. The molecule has 10 heteroatoms. The average Bonchev–Trinajstić information content (AvgIpc) is 3.39. The molecular weight excluding hydrogens is 451 g/mol. The summed E-state index contributed by atoms with van der Waals surface area (Å²) in [5.74, 6) is 0.0163. The van der Waals surface area contributed by atoms with E-state index in [-0.39, 0.29) is 17.0 Å². The van der Waals surface area contributed by atoms with E-state index in [1.807, 2.05) is 36.4 Å². The van der Waals surface area contributed by atoms with E-state index < -0.39 is 10.0 Å². The van der Waals surface area contributed by atoms with Gasteiger partial charge in [0.25, 0.3) is 10.0 Å². The van der Waals surface area contributed by atoms with Gasteiger partial charge in [-0.25, -0.2) is 13.4 Å². The molecule has 2 unspecified atom stereocenters. The Hall–Kier alpha value is -1.42. The minimum atomic E-state index is -3.66. The molecular formula is C19H20Cl2N4O2S2. The molecule has 1 aliphatic heterocycles. The topological polar surface area (TPSA) is 67.2 Å². The van der Waals surface area contributed by atoms with Gasteiger partial charge in [-0.3, -0.25) is 0 Å². The molecule has 0 saturated carbocycles. The summed E-state index contributed by atoms with van der Waals surface area (Å²) in [6.45, 7) is 1.26. The predicted octanol–water partition coefficient (Wildman–Crippen LogP) is 3.73. The molecule has 2 atom stereocenters. The Bertz CT molecular complexity index is 1100. The number of hydrogen-bond donors (Lipinski definition) is 1. The Balaban J connectivity index is 1.58. The summed E-state index contributed by atoms with van der Waals surface area (Å²) in [4.78, 5) is 4.04. The second-order valence-electron chi connectivity index (χ2n) is 7.05. The van der Waals surface area contributed by atoms with Crippen LogP contribution in [0.5, 0.6) is 0 Å². The van der Waals surface area contributed by atoms with Crippen molar-refractivity contribution in [2.45, 2.75) is 23.5 Å². The molecule has 0 spiro atoms. The maximum absolute atomic E-state index is 13.1. The zero-order valence-corrected chi connectivity index (χ0v) is 18.8. The lowest BCUT2D eigenvalue weighted by atomic mass is 9.94. The van der Waals surface area contributed by atoms with Crippen LogP contribution in [0.3, 0.4) is 0 Å². The van der Waals surface area contributed by atoms with Crippen molar-refractivity contribution in [1.29, 1.82) is 0 Å². The molecule has 0 radical (unpaired) electrons. The number of halogens is 2. The highest BCUT2D eigenvalue weighted by atomic mass is 35.5. The number of nitrogens with zero attached hydrogens (tertiary/aromatic N) is 3. The summed E-state index contributed by atoms with van der Waals surface area (Å²) < 4.78 is 30.6. The molecule has 0 aliphatic carbocycles. The van der Waals surface area contributed by atoms with Gasteiger partial charge in [0, 0.05) is 44.8 Å². The average molecular weight is 471 g/mol. The van der Waals surface area contributed by atoms with Crippen LogP contribution >= 0.6 is 34.5 Å². The standard InChI is InChI=1S/C19H20Cl2N4O2S2/c1-24-11-18(23-12-24)29(26,27)25-9-15(13-5-3-2-4-6-13)16(10-25)22-8-14-7-17(20)28-19(14)21/h2-7,11-12,15-16,22H,8-10H2,1H3. The number of sulfonamides is 1. The maximum atomic E-state index is 13.1. The molecule has 1 aliphatic rings. The van der Waals surface area contributed by atoms with Gasteiger partial charge in [-0.15, -0.1) is 11.3 Å². The molecule has 1 fully saturated rings. The molecule has 0 amide bonds. The zero-order chi connectivity index (χ0) is 20.6. The van der Waals surface area contributed by atoms with Gasteiger partial charge in [-0.1, -0.05) is 53.5 Å². The largest absolute Gasteiger partial charge is 0.339 e. The summed E-state index contributed by atoms with van der Waals surface area (Å²) in [7, 11) is -1.91. The summed E-state index contributed by atoms with van der Waals surface area (Å²) >= 11 is 13.6. The van der Waals surface area contributed by atoms with Crippen molar-refractivity contribution in [3.63, 3.8) is 0 Å². The van der Waals surface area contributed by atoms with Crippen LogP contribution in [-0.2, 0) is 23.6 Å². The Kier molecular flexibility index (Phi) is 6.02. The first-order valence-corrected chi connectivity index (χ1v) is 12.1. The number of hydrogen-bond acceptors (Lipinski definition) is 5. The number of rotatable bonds is 6. The van der Waals surface area contributed by atoms with Gasteiger partial charge in [0.15, 0.2) is 5.03 Å². The van der Waals surface area contributed by atoms with E-state index in [4.69, 9.17) is 23.2 Å². The molecule has 1 aromatic carbocycles. The van der Waals surface area contributed by atoms with Gasteiger partial charge in [0.1, 0.15) is 0 Å². The smallest absolute Gasteiger partial charge is 0.262 e. The third kappa shape index (κ3) is 4.38. The van der Waals surface area contributed by atoms with Gasteiger partial charge in [-0.2, -0.15) is 4.31 Å². The predicted molar refractivity (Wildman–Crippen MR) is 116 cm³/mol. The Labute approximate surface area is 184 Å². The van der Waals surface area contributed by atoms with E-state index >= 15 is 0 Å². The third-order valence-electron chi connectivity index (χ3n) is 5.08. The van der Waals surface area contributed by atoms with Crippen molar-refractivity contribution in [2.75, 3.05) is 13.1 Å². The zero-order valence-electron chi connectivity index (χ0n) is 15.6. The monoisotopic (exact) mass is 470 g/mol. The van der Waals surface area contributed by atoms with Crippen LogP contribution in [0.15, 0.2) is 53.9 Å². The van der Waals surface area contributed by atoms with Crippen molar-refractivity contribution in [3.05, 3.63) is 68.7 Å². The van der Waals surface area contributed by atoms with E-state index in [1.54, 1.807) is 11.6 Å². The molecule has 3 heterocycles. The summed E-state index contributed by atoms with van der Waals surface area (Å²) in [6, 6.07) is 11.7. The second kappa shape index (κ2) is 8.37. The molecule has 3 aromatic rings. The molecule has 4 rings (SSSR count). The van der Waals surface area contributed by atoms with E-state index in [2.05, 4.69) is 10.3 Å². The highest BCUT2D eigenvalue weighted by Crippen LogP contribution is 2.34. The Morgan fingerprint density at radius 2 is 2.00 bits per heavy atom. The minimum absolute atomic E-state index is 0.0163. The quantitative estimate of drug-likeness (QED) is 0.595. The van der Waals surface area contributed by atoms with Crippen LogP contribution in [0.4, 0.5) is 0 Å². The van der Waals surface area contributed by atoms with Crippen LogP contribution < -0.4 is 5.32 Å². The Morgan fingerprint density at radius 3 is 2.62 bits per heavy atom. The van der Waals surface area contributed by atoms with Crippen LogP contribution in [0, 0.1) is 0 Å². The maximum Gasteiger partial charge on any atom is 0.262 e. The lowest BCUT2D eigenvalue weighted by molar-refractivity contribution is 0.454. The van der Waals surface area contributed by atoms with E-state index in [1.165, 1.54) is 28.2 Å². The number of aromatic nitrogens is 2. The molecule has 2 aromatic heterocycles. The fourth-order valence-electron chi connectivity index (χ4n) is 3.60. The number of aryl methyl sites for hydroxylation is 1. The van der Waals surface area contributed by atoms with Crippen molar-refractivity contribution in [3.8, 4) is 0 Å². The summed E-state index contributed by atoms with van der Waals surface area (Å²) in [5, 5.41) is 3.56. The van der Waals surface area contributed by atoms with E-state index in [0.29, 0.717) is 28.3 Å². The number of nitrogens with one attached hydrogen (secondary N) is 1. The highest BCUT2D eigenvalue weighted by Gasteiger charge is 2.40. The lowest BCUT2D eigenvalue weighted by Gasteiger charge is -2.20. The molecule has 154 valence electrons. The minimum Gasteiger partial charge on any atom is -0.339 e. The Morgan fingerprint density at radius 1 is 1.24 bits per heavy atom. The van der Waals surface area contributed by atoms with Gasteiger partial charge in [0.05, 0.1) is 15.0 Å². The lowest BCUT2D eigenvalue weighted by Crippen LogP contribution is -2.36. The summed E-state index contributed by atoms with van der Waals surface area (Å²) in [6.07, 6.45) is 3.02. The van der Waals surface area contributed by atoms with Gasteiger partial charge < -0.3 is 9.88 Å². The second-order valence-corrected chi connectivity index (χ2v) is 11.2. The SMILES string of the molecule is Cn1cnc(S(=O)(=O)N2CC(NCc3cc(Cl)sc3Cl)C(c3ccccc3)C2)c1. The van der Waals surface area contributed by atoms with Crippen LogP contribution in [0.25, 0.3) is 0 Å². The van der Waals surface area contributed by atoms with Crippen molar-refractivity contribution >= 4 is 44.6 Å². The summed E-state index contributed by atoms with van der Waals surface area (Å²) in [5.41, 5.74) is 2.01. The van der Waals surface area contributed by atoms with Gasteiger partial charge in [0.2, 0.25) is 0 Å². The molecule has 29 heavy (non-hydrogen) atoms. The van der Waals surface area contributed by atoms with Crippen LogP contribution in [0.2, 0.25) is 8.67 Å². The normalized spacial score (nSPS) is 20.4. The van der Waals surface area contributed by atoms with Crippen LogP contribution in [0.1, 0.15) is 17.0 Å². The first kappa shape index (κ1) is 20.8. The highest BCUT2D eigenvalue weighted by molar-refractivity contribution is 7.89. The number of thiophene rings is 1. The number of imidazole rings is 1. The van der Waals surface area contributed by atoms with Crippen molar-refractivity contribution < 1.29 is 8.42 Å². The van der Waals surface area contributed by atoms with Crippen LogP contribution in [-0.4, -0.2) is 41.4 Å². The van der Waals surface area contributed by atoms with Crippen molar-refractivity contribution in [2.24, 2.45) is 7.05 Å². The third-order valence-corrected chi connectivity index (χ3v) is 8.37. The van der Waals surface area contributed by atoms with Gasteiger partial charge in [-0.05, 0) is 17.2 Å². The first-order chi connectivity index (χ1) is 13.8. The number of benzene rings is 1. The molecule has 0 bridgehead atoms. The van der Waals surface area contributed by atoms with Gasteiger partial charge >= 0.3 is 0 Å². The van der Waals surface area contributed by atoms with E-state index in [0.717, 1.165) is 11.1 Å². The molecule has 6 nitrogen and oxygen atoms in total. The molecule has 1 saturated heterocycles. The van der Waals surface area contributed by atoms with E-state index in [9.17, 15) is 8.42 Å². The fraction of sp³-hybridized carbons (Fsp3) is 0.316.